The molecule has 0 heterocycles. The third-order valence-electron chi connectivity index (χ3n) is 2.66. The zero-order valence-electron chi connectivity index (χ0n) is 10.3. The highest BCUT2D eigenvalue weighted by Crippen LogP contribution is 2.12. The van der Waals surface area contributed by atoms with Crippen molar-refractivity contribution in [1.29, 1.82) is 5.26 Å². The molecule has 0 saturated carbocycles. The SMILES string of the molecule is N#Cc1ccc(/C=C/C(=O)c2ccc(F)cc2F)cc1. The summed E-state index contributed by atoms with van der Waals surface area (Å²) in [6, 6.07) is 11.4. The minimum Gasteiger partial charge on any atom is -0.289 e. The first-order valence-corrected chi connectivity index (χ1v) is 5.78. The number of halogens is 2. The Bertz CT molecular complexity index is 712. The van der Waals surface area contributed by atoms with Crippen LogP contribution in [0.15, 0.2) is 48.5 Å². The Morgan fingerprint density at radius 3 is 2.40 bits per heavy atom. The van der Waals surface area contributed by atoms with Crippen molar-refractivity contribution in [3.8, 4) is 6.07 Å². The molecule has 0 aromatic heterocycles. The predicted octanol–water partition coefficient (Wildman–Crippen LogP) is 3.73. The third kappa shape index (κ3) is 3.15. The summed E-state index contributed by atoms with van der Waals surface area (Å²) in [6.07, 6.45) is 2.71. The first kappa shape index (κ1) is 13.6. The standard InChI is InChI=1S/C16H9F2NO/c17-13-6-7-14(15(18)9-13)16(20)8-5-11-1-3-12(10-19)4-2-11/h1-9H/b8-5+. The zero-order chi connectivity index (χ0) is 14.5. The van der Waals surface area contributed by atoms with Gasteiger partial charge in [-0.1, -0.05) is 18.2 Å². The van der Waals surface area contributed by atoms with Crippen LogP contribution in [0, 0.1) is 23.0 Å². The van der Waals surface area contributed by atoms with Gasteiger partial charge in [-0.15, -0.1) is 0 Å². The average Bonchev–Trinajstić information content (AvgIpc) is 2.45. The molecule has 0 radical (unpaired) electrons. The fourth-order valence-corrected chi connectivity index (χ4v) is 1.62. The Morgan fingerprint density at radius 2 is 1.80 bits per heavy atom. The van der Waals surface area contributed by atoms with Crippen LogP contribution in [0.3, 0.4) is 0 Å². The lowest BCUT2D eigenvalue weighted by molar-refractivity contribution is 0.104. The lowest BCUT2D eigenvalue weighted by atomic mass is 10.1. The monoisotopic (exact) mass is 269 g/mol. The molecule has 20 heavy (non-hydrogen) atoms. The van der Waals surface area contributed by atoms with Crippen molar-refractivity contribution in [2.24, 2.45) is 0 Å². The Labute approximate surface area is 114 Å². The summed E-state index contributed by atoms with van der Waals surface area (Å²) in [7, 11) is 0. The summed E-state index contributed by atoms with van der Waals surface area (Å²) in [4.78, 5) is 11.8. The number of ketones is 1. The van der Waals surface area contributed by atoms with Crippen LogP contribution in [-0.4, -0.2) is 5.78 Å². The van der Waals surface area contributed by atoms with Crippen molar-refractivity contribution in [2.75, 3.05) is 0 Å². The van der Waals surface area contributed by atoms with Gasteiger partial charge < -0.3 is 0 Å². The van der Waals surface area contributed by atoms with Crippen molar-refractivity contribution >= 4 is 11.9 Å². The Balaban J connectivity index is 2.18. The van der Waals surface area contributed by atoms with Crippen LogP contribution in [0.25, 0.3) is 6.08 Å². The van der Waals surface area contributed by atoms with Crippen LogP contribution in [0.4, 0.5) is 8.78 Å². The van der Waals surface area contributed by atoms with E-state index >= 15 is 0 Å². The van der Waals surface area contributed by atoms with E-state index in [-0.39, 0.29) is 5.56 Å². The lowest BCUT2D eigenvalue weighted by Crippen LogP contribution is -1.99. The van der Waals surface area contributed by atoms with E-state index in [4.69, 9.17) is 5.26 Å². The Kier molecular flexibility index (Phi) is 4.02. The number of benzene rings is 2. The molecule has 0 aliphatic carbocycles. The zero-order valence-corrected chi connectivity index (χ0v) is 10.3. The first-order valence-electron chi connectivity index (χ1n) is 5.78. The van der Waals surface area contributed by atoms with Crippen LogP contribution >= 0.6 is 0 Å². The Morgan fingerprint density at radius 1 is 1.10 bits per heavy atom. The van der Waals surface area contributed by atoms with E-state index in [2.05, 4.69) is 0 Å². The van der Waals surface area contributed by atoms with Gasteiger partial charge in [-0.3, -0.25) is 4.79 Å². The van der Waals surface area contributed by atoms with Gasteiger partial charge in [0.25, 0.3) is 0 Å². The van der Waals surface area contributed by atoms with E-state index in [0.29, 0.717) is 17.2 Å². The number of allylic oxidation sites excluding steroid dienone is 1. The van der Waals surface area contributed by atoms with Gasteiger partial charge in [-0.05, 0) is 35.9 Å². The molecule has 2 aromatic rings. The second-order valence-electron chi connectivity index (χ2n) is 4.06. The molecular formula is C16H9F2NO. The smallest absolute Gasteiger partial charge is 0.188 e. The van der Waals surface area contributed by atoms with E-state index in [0.717, 1.165) is 12.1 Å². The van der Waals surface area contributed by atoms with Crippen molar-refractivity contribution in [2.45, 2.75) is 0 Å². The molecule has 4 heteroatoms. The molecule has 0 bridgehead atoms. The Hall–Kier alpha value is -2.80. The normalized spacial score (nSPS) is 10.4. The number of hydrogen-bond donors (Lipinski definition) is 0. The molecule has 0 N–H and O–H groups in total. The molecule has 0 atom stereocenters. The molecular weight excluding hydrogens is 260 g/mol. The van der Waals surface area contributed by atoms with Crippen molar-refractivity contribution in [1.82, 2.24) is 0 Å². The minimum absolute atomic E-state index is 0.184. The topological polar surface area (TPSA) is 40.9 Å². The predicted molar refractivity (Wildman–Crippen MR) is 70.9 cm³/mol. The van der Waals surface area contributed by atoms with Crippen LogP contribution in [0.2, 0.25) is 0 Å². The van der Waals surface area contributed by atoms with Gasteiger partial charge in [0, 0.05) is 6.07 Å². The molecule has 98 valence electrons. The summed E-state index contributed by atoms with van der Waals surface area (Å²) in [5.74, 6) is -2.17. The van der Waals surface area contributed by atoms with E-state index in [1.807, 2.05) is 6.07 Å². The van der Waals surface area contributed by atoms with E-state index in [1.54, 1.807) is 24.3 Å². The molecule has 2 nitrogen and oxygen atoms in total. The number of nitrogens with zero attached hydrogens (tertiary/aromatic N) is 1. The summed E-state index contributed by atoms with van der Waals surface area (Å²) in [5.41, 5.74) is 1.04. The number of rotatable bonds is 3. The van der Waals surface area contributed by atoms with E-state index in [1.165, 1.54) is 12.2 Å². The molecule has 0 fully saturated rings. The summed E-state index contributed by atoms with van der Waals surface area (Å²) < 4.78 is 26.1. The molecule has 0 aliphatic rings. The van der Waals surface area contributed by atoms with Gasteiger partial charge >= 0.3 is 0 Å². The molecule has 0 aliphatic heterocycles. The largest absolute Gasteiger partial charge is 0.289 e. The van der Waals surface area contributed by atoms with Crippen LogP contribution in [0.5, 0.6) is 0 Å². The second kappa shape index (κ2) is 5.89. The molecule has 0 unspecified atom stereocenters. The quantitative estimate of drug-likeness (QED) is 0.629. The second-order valence-corrected chi connectivity index (χ2v) is 4.06. The average molecular weight is 269 g/mol. The number of carbonyl (C=O) groups excluding carboxylic acids is 1. The van der Waals surface area contributed by atoms with Gasteiger partial charge in [-0.2, -0.15) is 5.26 Å². The summed E-state index contributed by atoms with van der Waals surface area (Å²) in [6.45, 7) is 0. The fourth-order valence-electron chi connectivity index (χ4n) is 1.62. The van der Waals surface area contributed by atoms with Crippen molar-refractivity contribution in [3.63, 3.8) is 0 Å². The highest BCUT2D eigenvalue weighted by molar-refractivity contribution is 6.06. The van der Waals surface area contributed by atoms with Crippen LogP contribution in [0.1, 0.15) is 21.5 Å². The van der Waals surface area contributed by atoms with Gasteiger partial charge in [0.15, 0.2) is 5.78 Å². The maximum Gasteiger partial charge on any atom is 0.188 e. The van der Waals surface area contributed by atoms with Gasteiger partial charge in [0.05, 0.1) is 17.2 Å². The van der Waals surface area contributed by atoms with Gasteiger partial charge in [0.1, 0.15) is 11.6 Å². The van der Waals surface area contributed by atoms with Crippen LogP contribution in [-0.2, 0) is 0 Å². The molecule has 2 aromatic carbocycles. The number of nitriles is 1. The highest BCUT2D eigenvalue weighted by atomic mass is 19.1. The highest BCUT2D eigenvalue weighted by Gasteiger charge is 2.09. The first-order chi connectivity index (χ1) is 9.60. The van der Waals surface area contributed by atoms with E-state index < -0.39 is 17.4 Å². The fraction of sp³-hybridized carbons (Fsp3) is 0. The van der Waals surface area contributed by atoms with Crippen molar-refractivity contribution < 1.29 is 13.6 Å². The maximum absolute atomic E-state index is 13.4. The van der Waals surface area contributed by atoms with Gasteiger partial charge in [0.2, 0.25) is 0 Å². The summed E-state index contributed by atoms with van der Waals surface area (Å²) >= 11 is 0. The molecule has 0 saturated heterocycles. The molecule has 0 amide bonds. The number of carbonyl (C=O) groups is 1. The van der Waals surface area contributed by atoms with Gasteiger partial charge in [-0.25, -0.2) is 8.78 Å². The van der Waals surface area contributed by atoms with E-state index in [9.17, 15) is 13.6 Å². The lowest BCUT2D eigenvalue weighted by Gasteiger charge is -1.98. The third-order valence-corrected chi connectivity index (χ3v) is 2.66. The van der Waals surface area contributed by atoms with Crippen LogP contribution < -0.4 is 0 Å². The maximum atomic E-state index is 13.4. The minimum atomic E-state index is -0.889. The summed E-state index contributed by atoms with van der Waals surface area (Å²) in [5, 5.41) is 8.65. The number of hydrogen-bond acceptors (Lipinski definition) is 2. The molecule has 0 spiro atoms. The van der Waals surface area contributed by atoms with Crippen molar-refractivity contribution in [3.05, 3.63) is 76.9 Å². The molecule has 2 rings (SSSR count).